The highest BCUT2D eigenvalue weighted by molar-refractivity contribution is 9.13. The predicted molar refractivity (Wildman–Crippen MR) is 95.6 cm³/mol. The molecule has 0 aliphatic carbocycles. The lowest BCUT2D eigenvalue weighted by atomic mass is 9.99. The first kappa shape index (κ1) is 16.2. The van der Waals surface area contributed by atoms with Crippen LogP contribution in [0, 0.1) is 5.92 Å². The summed E-state index contributed by atoms with van der Waals surface area (Å²) < 4.78 is 2.26. The molecule has 1 N–H and O–H groups in total. The van der Waals surface area contributed by atoms with E-state index in [1.807, 2.05) is 7.05 Å². The van der Waals surface area contributed by atoms with Crippen molar-refractivity contribution < 1.29 is 0 Å². The summed E-state index contributed by atoms with van der Waals surface area (Å²) in [5.41, 5.74) is 2.72. The molecule has 1 aromatic heterocycles. The van der Waals surface area contributed by atoms with Gasteiger partial charge in [-0.3, -0.25) is 0 Å². The van der Waals surface area contributed by atoms with E-state index in [1.54, 1.807) is 11.3 Å². The van der Waals surface area contributed by atoms with Gasteiger partial charge < -0.3 is 5.32 Å². The van der Waals surface area contributed by atoms with E-state index in [-0.39, 0.29) is 6.04 Å². The normalized spacial score (nSPS) is 12.9. The van der Waals surface area contributed by atoms with Gasteiger partial charge >= 0.3 is 0 Å². The molecule has 1 aromatic carbocycles. The zero-order valence-electron chi connectivity index (χ0n) is 11.9. The van der Waals surface area contributed by atoms with Crippen LogP contribution in [0.4, 0.5) is 0 Å². The van der Waals surface area contributed by atoms with Gasteiger partial charge in [0.05, 0.1) is 9.83 Å². The fourth-order valence-corrected chi connectivity index (χ4v) is 4.52. The van der Waals surface area contributed by atoms with Gasteiger partial charge in [0.15, 0.2) is 0 Å². The van der Waals surface area contributed by atoms with Crippen LogP contribution in [0.15, 0.2) is 38.6 Å². The first-order valence-corrected chi connectivity index (χ1v) is 9.12. The lowest BCUT2D eigenvalue weighted by Crippen LogP contribution is -2.16. The van der Waals surface area contributed by atoms with Gasteiger partial charge in [-0.2, -0.15) is 0 Å². The molecule has 2 aromatic rings. The van der Waals surface area contributed by atoms with Gasteiger partial charge in [-0.1, -0.05) is 38.1 Å². The van der Waals surface area contributed by atoms with Crippen LogP contribution in [-0.2, 0) is 6.42 Å². The zero-order chi connectivity index (χ0) is 14.7. The molecule has 1 unspecified atom stereocenters. The summed E-state index contributed by atoms with van der Waals surface area (Å²) in [6, 6.07) is 11.4. The molecular formula is C16H19Br2NS. The van der Waals surface area contributed by atoms with Gasteiger partial charge in [0.1, 0.15) is 0 Å². The van der Waals surface area contributed by atoms with Crippen molar-refractivity contribution in [1.82, 2.24) is 5.32 Å². The molecule has 0 amide bonds. The molecule has 0 fully saturated rings. The van der Waals surface area contributed by atoms with Crippen molar-refractivity contribution in [3.05, 3.63) is 54.6 Å². The Morgan fingerprint density at radius 3 is 2.25 bits per heavy atom. The molecular weight excluding hydrogens is 398 g/mol. The number of rotatable bonds is 5. The number of nitrogens with one attached hydrogen (secondary N) is 1. The zero-order valence-corrected chi connectivity index (χ0v) is 15.9. The van der Waals surface area contributed by atoms with E-state index in [9.17, 15) is 0 Å². The maximum atomic E-state index is 3.57. The Morgan fingerprint density at radius 1 is 1.15 bits per heavy atom. The van der Waals surface area contributed by atoms with E-state index < -0.39 is 0 Å². The van der Waals surface area contributed by atoms with E-state index in [0.717, 1.165) is 14.7 Å². The third-order valence-corrected chi connectivity index (χ3v) is 6.52. The smallest absolute Gasteiger partial charge is 0.0843 e. The number of hydrogen-bond acceptors (Lipinski definition) is 2. The Balaban J connectivity index is 2.23. The van der Waals surface area contributed by atoms with Gasteiger partial charge in [-0.25, -0.2) is 0 Å². The average molecular weight is 417 g/mol. The molecule has 0 radical (unpaired) electrons. The Bertz CT molecular complexity index is 541. The fourth-order valence-electron chi connectivity index (χ4n) is 2.30. The topological polar surface area (TPSA) is 12.0 Å². The van der Waals surface area contributed by atoms with Crippen molar-refractivity contribution in [2.45, 2.75) is 26.3 Å². The lowest BCUT2D eigenvalue weighted by Gasteiger charge is -2.16. The third-order valence-electron chi connectivity index (χ3n) is 3.19. The maximum Gasteiger partial charge on any atom is 0.0843 e. The van der Waals surface area contributed by atoms with Gasteiger partial charge in [-0.15, -0.1) is 11.3 Å². The molecule has 108 valence electrons. The quantitative estimate of drug-likeness (QED) is 0.651. The predicted octanol–water partition coefficient (Wildman–Crippen LogP) is 5.78. The van der Waals surface area contributed by atoms with Crippen LogP contribution < -0.4 is 5.32 Å². The molecule has 20 heavy (non-hydrogen) atoms. The average Bonchev–Trinajstić information content (AvgIpc) is 2.72. The van der Waals surface area contributed by atoms with Crippen molar-refractivity contribution in [3.63, 3.8) is 0 Å². The van der Waals surface area contributed by atoms with E-state index in [0.29, 0.717) is 5.92 Å². The SMILES string of the molecule is CNC(c1ccc(CC(C)C)cc1)c1cc(Br)c(Br)s1. The van der Waals surface area contributed by atoms with Crippen LogP contribution in [0.2, 0.25) is 0 Å². The summed E-state index contributed by atoms with van der Waals surface area (Å²) in [4.78, 5) is 1.31. The minimum atomic E-state index is 0.246. The first-order valence-electron chi connectivity index (χ1n) is 6.72. The van der Waals surface area contributed by atoms with Crippen molar-refractivity contribution in [2.24, 2.45) is 5.92 Å². The second-order valence-corrected chi connectivity index (χ2v) is 8.59. The minimum absolute atomic E-state index is 0.246. The summed E-state index contributed by atoms with van der Waals surface area (Å²) >= 11 is 8.89. The maximum absolute atomic E-state index is 3.57. The summed E-state index contributed by atoms with van der Waals surface area (Å²) in [7, 11) is 2.01. The highest BCUT2D eigenvalue weighted by Gasteiger charge is 2.16. The Hall–Kier alpha value is -0.160. The number of benzene rings is 1. The number of halogens is 2. The molecule has 0 aliphatic heterocycles. The molecule has 1 heterocycles. The molecule has 0 saturated carbocycles. The van der Waals surface area contributed by atoms with Crippen LogP contribution in [0.5, 0.6) is 0 Å². The lowest BCUT2D eigenvalue weighted by molar-refractivity contribution is 0.646. The van der Waals surface area contributed by atoms with Crippen molar-refractivity contribution in [2.75, 3.05) is 7.05 Å². The van der Waals surface area contributed by atoms with Gasteiger partial charge in [0, 0.05) is 9.35 Å². The molecule has 2 rings (SSSR count). The summed E-state index contributed by atoms with van der Waals surface area (Å²) in [5, 5.41) is 3.40. The van der Waals surface area contributed by atoms with Gasteiger partial charge in [0.25, 0.3) is 0 Å². The van der Waals surface area contributed by atoms with Crippen LogP contribution in [0.1, 0.15) is 35.9 Å². The van der Waals surface area contributed by atoms with E-state index in [4.69, 9.17) is 0 Å². The summed E-state index contributed by atoms with van der Waals surface area (Å²) in [5.74, 6) is 0.699. The third kappa shape index (κ3) is 3.94. The Labute approximate surface area is 142 Å². The van der Waals surface area contributed by atoms with Crippen molar-refractivity contribution in [3.8, 4) is 0 Å². The van der Waals surface area contributed by atoms with E-state index in [2.05, 4.69) is 81.4 Å². The second-order valence-electron chi connectivity index (χ2n) is 5.33. The van der Waals surface area contributed by atoms with Crippen molar-refractivity contribution in [1.29, 1.82) is 0 Å². The molecule has 1 atom stereocenters. The molecule has 4 heteroatoms. The monoisotopic (exact) mass is 415 g/mol. The van der Waals surface area contributed by atoms with Crippen LogP contribution >= 0.6 is 43.2 Å². The summed E-state index contributed by atoms with van der Waals surface area (Å²) in [6.07, 6.45) is 1.14. The molecule has 1 nitrogen and oxygen atoms in total. The van der Waals surface area contributed by atoms with Gasteiger partial charge in [0.2, 0.25) is 0 Å². The molecule has 0 saturated heterocycles. The van der Waals surface area contributed by atoms with Crippen LogP contribution in [0.25, 0.3) is 0 Å². The largest absolute Gasteiger partial charge is 0.309 e. The Kier molecular flexibility index (Phi) is 5.84. The van der Waals surface area contributed by atoms with E-state index >= 15 is 0 Å². The van der Waals surface area contributed by atoms with Crippen molar-refractivity contribution >= 4 is 43.2 Å². The number of thiophene rings is 1. The fraction of sp³-hybridized carbons (Fsp3) is 0.375. The molecule has 0 aliphatic rings. The highest BCUT2D eigenvalue weighted by Crippen LogP contribution is 2.37. The molecule has 0 spiro atoms. The first-order chi connectivity index (χ1) is 9.51. The second kappa shape index (κ2) is 7.21. The summed E-state index contributed by atoms with van der Waals surface area (Å²) in [6.45, 7) is 4.51. The number of hydrogen-bond donors (Lipinski definition) is 1. The highest BCUT2D eigenvalue weighted by atomic mass is 79.9. The standard InChI is InChI=1S/C16H19Br2NS/c1-10(2)8-11-4-6-12(7-5-11)15(19-3)14-9-13(17)16(18)20-14/h4-7,9-10,15,19H,8H2,1-3H3. The van der Waals surface area contributed by atoms with E-state index in [1.165, 1.54) is 16.0 Å². The minimum Gasteiger partial charge on any atom is -0.309 e. The van der Waals surface area contributed by atoms with Gasteiger partial charge in [-0.05, 0) is 68.4 Å². The molecule has 0 bridgehead atoms. The van der Waals surface area contributed by atoms with Crippen LogP contribution in [-0.4, -0.2) is 7.05 Å². The Morgan fingerprint density at radius 2 is 1.80 bits per heavy atom. The van der Waals surface area contributed by atoms with Crippen LogP contribution in [0.3, 0.4) is 0 Å².